The second kappa shape index (κ2) is 7.64. The van der Waals surface area contributed by atoms with E-state index in [4.69, 9.17) is 17.0 Å². The van der Waals surface area contributed by atoms with Gasteiger partial charge in [-0.3, -0.25) is 0 Å². The van der Waals surface area contributed by atoms with Gasteiger partial charge in [0.2, 0.25) is 0 Å². The van der Waals surface area contributed by atoms with Crippen molar-refractivity contribution >= 4 is 23.0 Å². The predicted octanol–water partition coefficient (Wildman–Crippen LogP) is 3.75. The molecule has 0 saturated heterocycles. The standard InChI is InChI=1S/C17H20N2OS/c1-13-8-6-7-11-16(13)20-12-14(2)18-17(21)19-15-9-4-3-5-10-15/h3-11,14H,12H2,1-2H3,(H2,18,19,21). The SMILES string of the molecule is Cc1ccccc1OCC(C)NC(=S)Nc1ccccc1. The van der Waals surface area contributed by atoms with Gasteiger partial charge in [-0.15, -0.1) is 0 Å². The van der Waals surface area contributed by atoms with Crippen LogP contribution >= 0.6 is 12.2 Å². The molecular weight excluding hydrogens is 280 g/mol. The van der Waals surface area contributed by atoms with Crippen molar-refractivity contribution in [3.8, 4) is 5.75 Å². The van der Waals surface area contributed by atoms with Gasteiger partial charge < -0.3 is 15.4 Å². The molecule has 0 aliphatic rings. The van der Waals surface area contributed by atoms with Crippen LogP contribution in [0.5, 0.6) is 5.75 Å². The van der Waals surface area contributed by atoms with Gasteiger partial charge in [0.05, 0.1) is 6.04 Å². The first-order chi connectivity index (χ1) is 10.1. The number of hydrogen-bond acceptors (Lipinski definition) is 2. The van der Waals surface area contributed by atoms with Crippen LogP contribution in [0.25, 0.3) is 0 Å². The molecule has 110 valence electrons. The average Bonchev–Trinajstić information content (AvgIpc) is 2.47. The normalized spacial score (nSPS) is 11.5. The molecule has 2 aromatic rings. The fraction of sp³-hybridized carbons (Fsp3) is 0.235. The molecule has 2 aromatic carbocycles. The third-order valence-electron chi connectivity index (χ3n) is 2.99. The van der Waals surface area contributed by atoms with Crippen molar-refractivity contribution in [1.29, 1.82) is 0 Å². The van der Waals surface area contributed by atoms with Crippen LogP contribution in [-0.4, -0.2) is 17.8 Å². The van der Waals surface area contributed by atoms with Gasteiger partial charge in [-0.2, -0.15) is 0 Å². The van der Waals surface area contributed by atoms with E-state index in [1.54, 1.807) is 0 Å². The second-order valence-electron chi connectivity index (χ2n) is 4.94. The Morgan fingerprint density at radius 3 is 2.48 bits per heavy atom. The van der Waals surface area contributed by atoms with E-state index in [0.29, 0.717) is 11.7 Å². The van der Waals surface area contributed by atoms with Crippen LogP contribution in [0.15, 0.2) is 54.6 Å². The average molecular weight is 300 g/mol. The van der Waals surface area contributed by atoms with Crippen LogP contribution in [0.4, 0.5) is 5.69 Å². The maximum atomic E-state index is 5.80. The zero-order chi connectivity index (χ0) is 15.1. The maximum Gasteiger partial charge on any atom is 0.171 e. The summed E-state index contributed by atoms with van der Waals surface area (Å²) in [6.45, 7) is 4.63. The topological polar surface area (TPSA) is 33.3 Å². The molecule has 0 aromatic heterocycles. The third kappa shape index (κ3) is 5.08. The molecule has 2 N–H and O–H groups in total. The molecule has 0 spiro atoms. The molecule has 0 bridgehead atoms. The van der Waals surface area contributed by atoms with Gasteiger partial charge >= 0.3 is 0 Å². The Morgan fingerprint density at radius 1 is 1.10 bits per heavy atom. The van der Waals surface area contributed by atoms with Gasteiger partial charge in [-0.05, 0) is 49.8 Å². The molecule has 21 heavy (non-hydrogen) atoms. The molecule has 0 saturated carbocycles. The second-order valence-corrected chi connectivity index (χ2v) is 5.35. The zero-order valence-electron chi connectivity index (χ0n) is 12.3. The number of thiocarbonyl (C=S) groups is 1. The van der Waals surface area contributed by atoms with Crippen LogP contribution in [0.1, 0.15) is 12.5 Å². The van der Waals surface area contributed by atoms with Crippen molar-refractivity contribution in [1.82, 2.24) is 5.32 Å². The third-order valence-corrected chi connectivity index (χ3v) is 3.21. The van der Waals surface area contributed by atoms with Crippen molar-refractivity contribution in [2.45, 2.75) is 19.9 Å². The summed E-state index contributed by atoms with van der Waals surface area (Å²) in [5, 5.41) is 6.96. The van der Waals surface area contributed by atoms with E-state index in [0.717, 1.165) is 17.0 Å². The lowest BCUT2D eigenvalue weighted by Gasteiger charge is -2.18. The van der Waals surface area contributed by atoms with E-state index in [2.05, 4.69) is 10.6 Å². The Kier molecular flexibility index (Phi) is 5.58. The van der Waals surface area contributed by atoms with Crippen LogP contribution in [0, 0.1) is 6.92 Å². The summed E-state index contributed by atoms with van der Waals surface area (Å²) in [7, 11) is 0. The van der Waals surface area contributed by atoms with Crippen molar-refractivity contribution in [3.05, 3.63) is 60.2 Å². The molecule has 0 fully saturated rings. The predicted molar refractivity (Wildman–Crippen MR) is 91.9 cm³/mol. The molecule has 1 unspecified atom stereocenters. The van der Waals surface area contributed by atoms with E-state index in [-0.39, 0.29) is 6.04 Å². The minimum absolute atomic E-state index is 0.119. The lowest BCUT2D eigenvalue weighted by molar-refractivity contribution is 0.285. The Bertz CT molecular complexity index is 586. The van der Waals surface area contributed by atoms with E-state index < -0.39 is 0 Å². The van der Waals surface area contributed by atoms with Gasteiger partial charge in [-0.1, -0.05) is 36.4 Å². The lowest BCUT2D eigenvalue weighted by Crippen LogP contribution is -2.39. The smallest absolute Gasteiger partial charge is 0.171 e. The summed E-state index contributed by atoms with van der Waals surface area (Å²) in [6.07, 6.45) is 0. The lowest BCUT2D eigenvalue weighted by atomic mass is 10.2. The molecular formula is C17H20N2OS. The number of nitrogens with one attached hydrogen (secondary N) is 2. The summed E-state index contributed by atoms with van der Waals surface area (Å²) in [4.78, 5) is 0. The molecule has 1 atom stereocenters. The van der Waals surface area contributed by atoms with Crippen LogP contribution < -0.4 is 15.4 Å². The minimum Gasteiger partial charge on any atom is -0.491 e. The zero-order valence-corrected chi connectivity index (χ0v) is 13.1. The summed E-state index contributed by atoms with van der Waals surface area (Å²) in [5.41, 5.74) is 2.11. The van der Waals surface area contributed by atoms with Crippen molar-refractivity contribution < 1.29 is 4.74 Å². The summed E-state index contributed by atoms with van der Waals surface area (Å²) < 4.78 is 5.80. The fourth-order valence-electron chi connectivity index (χ4n) is 1.89. The number of hydrogen-bond donors (Lipinski definition) is 2. The highest BCUT2D eigenvalue weighted by molar-refractivity contribution is 7.80. The van der Waals surface area contributed by atoms with Crippen LogP contribution in [0.3, 0.4) is 0 Å². The monoisotopic (exact) mass is 300 g/mol. The van der Waals surface area contributed by atoms with Crippen molar-refractivity contribution in [2.24, 2.45) is 0 Å². The first-order valence-corrected chi connectivity index (χ1v) is 7.37. The van der Waals surface area contributed by atoms with Gasteiger partial charge in [0.25, 0.3) is 0 Å². The Labute approximate surface area is 131 Å². The van der Waals surface area contributed by atoms with Gasteiger partial charge in [0, 0.05) is 5.69 Å². The summed E-state index contributed by atoms with van der Waals surface area (Å²) >= 11 is 5.29. The number of para-hydroxylation sites is 2. The maximum absolute atomic E-state index is 5.80. The molecule has 0 aliphatic heterocycles. The molecule has 0 amide bonds. The van der Waals surface area contributed by atoms with E-state index in [1.165, 1.54) is 0 Å². The molecule has 0 aliphatic carbocycles. The quantitative estimate of drug-likeness (QED) is 0.824. The highest BCUT2D eigenvalue weighted by atomic mass is 32.1. The van der Waals surface area contributed by atoms with Gasteiger partial charge in [0.1, 0.15) is 12.4 Å². The summed E-state index contributed by atoms with van der Waals surface area (Å²) in [6, 6.07) is 18.0. The minimum atomic E-state index is 0.119. The highest BCUT2D eigenvalue weighted by Gasteiger charge is 2.06. The van der Waals surface area contributed by atoms with Crippen LogP contribution in [-0.2, 0) is 0 Å². The van der Waals surface area contributed by atoms with Crippen molar-refractivity contribution in [2.75, 3.05) is 11.9 Å². The highest BCUT2D eigenvalue weighted by Crippen LogP contribution is 2.16. The number of aryl methyl sites for hydroxylation is 1. The molecule has 4 heteroatoms. The van der Waals surface area contributed by atoms with Crippen LogP contribution in [0.2, 0.25) is 0 Å². The Balaban J connectivity index is 1.78. The summed E-state index contributed by atoms with van der Waals surface area (Å²) in [5.74, 6) is 0.910. The Morgan fingerprint density at radius 2 is 1.76 bits per heavy atom. The van der Waals surface area contributed by atoms with E-state index in [9.17, 15) is 0 Å². The van der Waals surface area contributed by atoms with Gasteiger partial charge in [0.15, 0.2) is 5.11 Å². The number of rotatable bonds is 5. The van der Waals surface area contributed by atoms with E-state index in [1.807, 2.05) is 68.4 Å². The molecule has 3 nitrogen and oxygen atoms in total. The Hall–Kier alpha value is -2.07. The fourth-order valence-corrected chi connectivity index (χ4v) is 2.21. The number of ether oxygens (including phenoxy) is 1. The van der Waals surface area contributed by atoms with E-state index >= 15 is 0 Å². The molecule has 2 rings (SSSR count). The van der Waals surface area contributed by atoms with Gasteiger partial charge in [-0.25, -0.2) is 0 Å². The first kappa shape index (κ1) is 15.3. The molecule has 0 radical (unpaired) electrons. The van der Waals surface area contributed by atoms with Crippen molar-refractivity contribution in [3.63, 3.8) is 0 Å². The number of anilines is 1. The first-order valence-electron chi connectivity index (χ1n) is 6.96. The number of benzene rings is 2. The molecule has 0 heterocycles. The largest absolute Gasteiger partial charge is 0.491 e.